The van der Waals surface area contributed by atoms with Crippen LogP contribution in [0.25, 0.3) is 10.4 Å². The van der Waals surface area contributed by atoms with Crippen LogP contribution in [-0.4, -0.2) is 22.3 Å². The molecule has 0 atom stereocenters. The number of thiophene rings is 1. The third kappa shape index (κ3) is 2.50. The Morgan fingerprint density at radius 2 is 2.05 bits per heavy atom. The molecule has 1 N–H and O–H groups in total. The average Bonchev–Trinajstić information content (AvgIpc) is 2.86. The summed E-state index contributed by atoms with van der Waals surface area (Å²) in [5, 5.41) is 19.8. The highest BCUT2D eigenvalue weighted by Crippen LogP contribution is 2.32. The number of carbonyl (C=O) groups is 2. The van der Waals surface area contributed by atoms with Gasteiger partial charge in [0, 0.05) is 22.6 Å². The summed E-state index contributed by atoms with van der Waals surface area (Å²) >= 11 is 1.08. The second kappa shape index (κ2) is 4.99. The summed E-state index contributed by atoms with van der Waals surface area (Å²) in [6, 6.07) is 6.64. The highest BCUT2D eigenvalue weighted by molar-refractivity contribution is 7.17. The van der Waals surface area contributed by atoms with Crippen molar-refractivity contribution in [2.45, 2.75) is 0 Å². The number of nitro groups is 1. The SMILES string of the molecule is O=Cc1ccc(-c2cc([N+](=O)[O-])ccc2C(=O)O)s1. The van der Waals surface area contributed by atoms with E-state index in [4.69, 9.17) is 5.11 Å². The van der Waals surface area contributed by atoms with E-state index in [1.54, 1.807) is 6.07 Å². The first-order valence-corrected chi connectivity index (χ1v) is 5.91. The van der Waals surface area contributed by atoms with Gasteiger partial charge in [0.1, 0.15) is 0 Å². The minimum atomic E-state index is -1.18. The number of carbonyl (C=O) groups excluding carboxylic acids is 1. The molecule has 2 rings (SSSR count). The zero-order valence-corrected chi connectivity index (χ0v) is 10.2. The van der Waals surface area contributed by atoms with Gasteiger partial charge in [-0.2, -0.15) is 0 Å². The summed E-state index contributed by atoms with van der Waals surface area (Å²) in [4.78, 5) is 32.8. The second-order valence-corrected chi connectivity index (χ2v) is 4.73. The summed E-state index contributed by atoms with van der Waals surface area (Å²) in [6.45, 7) is 0. The molecular formula is C12H7NO5S. The van der Waals surface area contributed by atoms with Crippen molar-refractivity contribution in [3.63, 3.8) is 0 Å². The summed E-state index contributed by atoms with van der Waals surface area (Å²) < 4.78 is 0. The van der Waals surface area contributed by atoms with Crippen molar-refractivity contribution in [1.82, 2.24) is 0 Å². The molecule has 0 saturated carbocycles. The summed E-state index contributed by atoms with van der Waals surface area (Å²) in [7, 11) is 0. The monoisotopic (exact) mass is 277 g/mol. The Kier molecular flexibility index (Phi) is 3.39. The molecule has 1 heterocycles. The van der Waals surface area contributed by atoms with E-state index in [-0.39, 0.29) is 16.8 Å². The number of rotatable bonds is 4. The lowest BCUT2D eigenvalue weighted by molar-refractivity contribution is -0.384. The molecule has 19 heavy (non-hydrogen) atoms. The van der Waals surface area contributed by atoms with Gasteiger partial charge in [-0.25, -0.2) is 4.79 Å². The smallest absolute Gasteiger partial charge is 0.336 e. The molecule has 0 unspecified atom stereocenters. The van der Waals surface area contributed by atoms with E-state index in [0.29, 0.717) is 16.0 Å². The topological polar surface area (TPSA) is 97.5 Å². The summed E-state index contributed by atoms with van der Waals surface area (Å²) in [5.41, 5.74) is 0.00533. The first-order valence-electron chi connectivity index (χ1n) is 5.10. The molecule has 1 aromatic heterocycles. The van der Waals surface area contributed by atoms with Crippen molar-refractivity contribution in [2.24, 2.45) is 0 Å². The van der Waals surface area contributed by atoms with E-state index in [9.17, 15) is 19.7 Å². The van der Waals surface area contributed by atoms with Gasteiger partial charge in [-0.05, 0) is 18.2 Å². The molecule has 0 fully saturated rings. The fourth-order valence-electron chi connectivity index (χ4n) is 1.60. The predicted octanol–water partition coefficient (Wildman–Crippen LogP) is 2.83. The Morgan fingerprint density at radius 3 is 2.58 bits per heavy atom. The van der Waals surface area contributed by atoms with Gasteiger partial charge >= 0.3 is 5.97 Å². The zero-order valence-electron chi connectivity index (χ0n) is 9.40. The van der Waals surface area contributed by atoms with Gasteiger partial charge in [-0.15, -0.1) is 11.3 Å². The number of nitrogens with zero attached hydrogens (tertiary/aromatic N) is 1. The van der Waals surface area contributed by atoms with E-state index in [0.717, 1.165) is 17.4 Å². The van der Waals surface area contributed by atoms with Gasteiger partial charge in [0.15, 0.2) is 6.29 Å². The number of hydrogen-bond acceptors (Lipinski definition) is 5. The molecule has 0 aliphatic carbocycles. The molecule has 0 spiro atoms. The fourth-order valence-corrected chi connectivity index (χ4v) is 2.45. The van der Waals surface area contributed by atoms with Gasteiger partial charge in [0.05, 0.1) is 15.4 Å². The standard InChI is InChI=1S/C12H7NO5S/c14-6-8-2-4-11(19-8)10-5-7(13(17)18)1-3-9(10)12(15)16/h1-6H,(H,15,16). The number of carboxylic acids is 1. The summed E-state index contributed by atoms with van der Waals surface area (Å²) in [6.07, 6.45) is 0.645. The first kappa shape index (κ1) is 12.9. The van der Waals surface area contributed by atoms with Crippen molar-refractivity contribution >= 4 is 29.3 Å². The van der Waals surface area contributed by atoms with E-state index in [1.807, 2.05) is 0 Å². The van der Waals surface area contributed by atoms with Gasteiger partial charge in [0.2, 0.25) is 0 Å². The van der Waals surface area contributed by atoms with Gasteiger partial charge in [-0.1, -0.05) is 0 Å². The largest absolute Gasteiger partial charge is 0.478 e. The number of benzene rings is 1. The quantitative estimate of drug-likeness (QED) is 0.526. The summed E-state index contributed by atoms with van der Waals surface area (Å²) in [5.74, 6) is -1.18. The number of aldehydes is 1. The highest BCUT2D eigenvalue weighted by atomic mass is 32.1. The Morgan fingerprint density at radius 1 is 1.32 bits per heavy atom. The van der Waals surface area contributed by atoms with Crippen molar-refractivity contribution in [2.75, 3.05) is 0 Å². The molecule has 0 radical (unpaired) electrons. The van der Waals surface area contributed by atoms with Crippen LogP contribution in [0.15, 0.2) is 30.3 Å². The third-order valence-electron chi connectivity index (χ3n) is 2.45. The maximum Gasteiger partial charge on any atom is 0.336 e. The van der Waals surface area contributed by atoms with Crippen molar-refractivity contribution in [3.05, 3.63) is 50.9 Å². The van der Waals surface area contributed by atoms with Crippen LogP contribution in [0.3, 0.4) is 0 Å². The minimum Gasteiger partial charge on any atom is -0.478 e. The molecule has 96 valence electrons. The fraction of sp³-hybridized carbons (Fsp3) is 0. The molecule has 2 aromatic rings. The average molecular weight is 277 g/mol. The molecular weight excluding hydrogens is 270 g/mol. The van der Waals surface area contributed by atoms with E-state index >= 15 is 0 Å². The Hall–Kier alpha value is -2.54. The molecule has 7 heteroatoms. The Balaban J connectivity index is 2.63. The van der Waals surface area contributed by atoms with E-state index < -0.39 is 10.9 Å². The molecule has 1 aromatic carbocycles. The Labute approximate surface area is 111 Å². The normalized spacial score (nSPS) is 10.1. The number of carboxylic acid groups (broad SMARTS) is 1. The van der Waals surface area contributed by atoms with Crippen LogP contribution < -0.4 is 0 Å². The number of nitro benzene ring substituents is 1. The van der Waals surface area contributed by atoms with Crippen LogP contribution in [0.5, 0.6) is 0 Å². The van der Waals surface area contributed by atoms with E-state index in [1.165, 1.54) is 18.2 Å². The second-order valence-electron chi connectivity index (χ2n) is 3.61. The number of aromatic carboxylic acids is 1. The number of non-ortho nitro benzene ring substituents is 1. The molecule has 0 aliphatic heterocycles. The number of hydrogen-bond donors (Lipinski definition) is 1. The maximum atomic E-state index is 11.1. The molecule has 0 saturated heterocycles. The van der Waals surface area contributed by atoms with Crippen molar-refractivity contribution in [3.8, 4) is 10.4 Å². The predicted molar refractivity (Wildman–Crippen MR) is 68.8 cm³/mol. The molecule has 6 nitrogen and oxygen atoms in total. The molecule has 0 amide bonds. The van der Waals surface area contributed by atoms with Crippen LogP contribution in [0.2, 0.25) is 0 Å². The molecule has 0 bridgehead atoms. The van der Waals surface area contributed by atoms with Crippen molar-refractivity contribution < 1.29 is 19.6 Å². The van der Waals surface area contributed by atoms with Crippen molar-refractivity contribution in [1.29, 1.82) is 0 Å². The lowest BCUT2D eigenvalue weighted by Crippen LogP contribution is -2.00. The lowest BCUT2D eigenvalue weighted by Gasteiger charge is -2.03. The van der Waals surface area contributed by atoms with Crippen LogP contribution >= 0.6 is 11.3 Å². The first-order chi connectivity index (χ1) is 9.02. The molecule has 0 aliphatic rings. The lowest BCUT2D eigenvalue weighted by atomic mass is 10.1. The van der Waals surface area contributed by atoms with Crippen LogP contribution in [0.4, 0.5) is 5.69 Å². The van der Waals surface area contributed by atoms with Gasteiger partial charge < -0.3 is 5.11 Å². The third-order valence-corrected chi connectivity index (χ3v) is 3.50. The zero-order chi connectivity index (χ0) is 14.0. The van der Waals surface area contributed by atoms with Crippen LogP contribution in [0.1, 0.15) is 20.0 Å². The van der Waals surface area contributed by atoms with Gasteiger partial charge in [0.25, 0.3) is 5.69 Å². The van der Waals surface area contributed by atoms with Gasteiger partial charge in [-0.3, -0.25) is 14.9 Å². The highest BCUT2D eigenvalue weighted by Gasteiger charge is 2.17. The van der Waals surface area contributed by atoms with Crippen LogP contribution in [0, 0.1) is 10.1 Å². The van der Waals surface area contributed by atoms with E-state index in [2.05, 4.69) is 0 Å². The Bertz CT molecular complexity index is 677. The van der Waals surface area contributed by atoms with Crippen LogP contribution in [-0.2, 0) is 0 Å². The minimum absolute atomic E-state index is 0.0371. The maximum absolute atomic E-state index is 11.1.